The molecule has 2 aliphatic carbocycles. The molecule has 0 spiro atoms. The second kappa shape index (κ2) is 5.30. The first-order valence-corrected chi connectivity index (χ1v) is 11.6. The van der Waals surface area contributed by atoms with Gasteiger partial charge in [-0.1, -0.05) is 36.8 Å². The van der Waals surface area contributed by atoms with Crippen LogP contribution in [0.5, 0.6) is 0 Å². The third-order valence-corrected chi connectivity index (χ3v) is 6.00. The van der Waals surface area contributed by atoms with Crippen LogP contribution in [-0.2, 0) is 10.8 Å². The van der Waals surface area contributed by atoms with E-state index in [1.54, 1.807) is 0 Å². The minimum Gasteiger partial charge on any atom is -0.412 e. The molecular formula is C18H28OSi. The Hall–Kier alpha value is -0.603. The summed E-state index contributed by atoms with van der Waals surface area (Å²) in [5, 5.41) is 0. The van der Waals surface area contributed by atoms with Gasteiger partial charge >= 0.3 is 0 Å². The summed E-state index contributed by atoms with van der Waals surface area (Å²) >= 11 is 0. The van der Waals surface area contributed by atoms with E-state index in [4.69, 9.17) is 4.43 Å². The van der Waals surface area contributed by atoms with Gasteiger partial charge in [0.2, 0.25) is 0 Å². The largest absolute Gasteiger partial charge is 0.412 e. The van der Waals surface area contributed by atoms with Crippen LogP contribution in [0.1, 0.15) is 37.7 Å². The first kappa shape index (κ1) is 14.3. The van der Waals surface area contributed by atoms with Crippen molar-refractivity contribution in [2.75, 3.05) is 0 Å². The monoisotopic (exact) mass is 288 g/mol. The van der Waals surface area contributed by atoms with Crippen molar-refractivity contribution in [3.8, 4) is 0 Å². The highest BCUT2D eigenvalue weighted by atomic mass is 28.4. The van der Waals surface area contributed by atoms with Crippen molar-refractivity contribution in [3.63, 3.8) is 0 Å². The fraction of sp³-hybridized carbons (Fsp3) is 0.667. The van der Waals surface area contributed by atoms with Crippen LogP contribution >= 0.6 is 0 Å². The molecule has 2 fully saturated rings. The van der Waals surface area contributed by atoms with Gasteiger partial charge in [0.1, 0.15) is 0 Å². The van der Waals surface area contributed by atoms with Gasteiger partial charge in [-0.15, -0.1) is 0 Å². The molecule has 20 heavy (non-hydrogen) atoms. The van der Waals surface area contributed by atoms with Gasteiger partial charge in [-0.25, -0.2) is 0 Å². The van der Waals surface area contributed by atoms with E-state index in [-0.39, 0.29) is 0 Å². The van der Waals surface area contributed by atoms with Crippen molar-refractivity contribution >= 4 is 8.32 Å². The molecule has 0 aromatic heterocycles. The molecule has 0 radical (unpaired) electrons. The summed E-state index contributed by atoms with van der Waals surface area (Å²) in [6.07, 6.45) is 8.06. The van der Waals surface area contributed by atoms with Crippen molar-refractivity contribution < 1.29 is 4.43 Å². The Balaban J connectivity index is 1.57. The predicted molar refractivity (Wildman–Crippen MR) is 87.4 cm³/mol. The fourth-order valence-electron chi connectivity index (χ4n) is 4.18. The van der Waals surface area contributed by atoms with Gasteiger partial charge in [0.05, 0.1) is 5.60 Å². The lowest BCUT2D eigenvalue weighted by atomic mass is 9.83. The quantitative estimate of drug-likeness (QED) is 0.691. The van der Waals surface area contributed by atoms with E-state index < -0.39 is 8.32 Å². The molecule has 1 aromatic rings. The molecule has 2 heteroatoms. The highest BCUT2D eigenvalue weighted by molar-refractivity contribution is 6.69. The van der Waals surface area contributed by atoms with Gasteiger partial charge in [-0.3, -0.25) is 0 Å². The van der Waals surface area contributed by atoms with E-state index >= 15 is 0 Å². The molecule has 0 heterocycles. The lowest BCUT2D eigenvalue weighted by Gasteiger charge is -2.33. The normalized spacial score (nSPS) is 32.8. The predicted octanol–water partition coefficient (Wildman–Crippen LogP) is 5.03. The van der Waals surface area contributed by atoms with Crippen LogP contribution in [0.3, 0.4) is 0 Å². The Kier molecular flexibility index (Phi) is 3.80. The van der Waals surface area contributed by atoms with Crippen LogP contribution in [0, 0.1) is 11.8 Å². The second-order valence-corrected chi connectivity index (χ2v) is 12.2. The molecule has 0 bridgehead atoms. The van der Waals surface area contributed by atoms with E-state index in [1.807, 2.05) is 0 Å². The first-order valence-electron chi connectivity index (χ1n) is 8.23. The van der Waals surface area contributed by atoms with Crippen LogP contribution < -0.4 is 0 Å². The SMILES string of the molecule is C[Si](C)(C)OC12CCCC(CCc3ccccc3)C1C2. The average molecular weight is 289 g/mol. The average Bonchev–Trinajstić information content (AvgIpc) is 3.09. The maximum atomic E-state index is 6.56. The van der Waals surface area contributed by atoms with E-state index in [9.17, 15) is 0 Å². The lowest BCUT2D eigenvalue weighted by molar-refractivity contribution is 0.0952. The number of hydrogen-bond donors (Lipinski definition) is 0. The zero-order valence-electron chi connectivity index (χ0n) is 13.2. The number of hydrogen-bond acceptors (Lipinski definition) is 1. The highest BCUT2D eigenvalue weighted by Crippen LogP contribution is 2.60. The Labute approximate surface area is 124 Å². The molecular weight excluding hydrogens is 260 g/mol. The van der Waals surface area contributed by atoms with Gasteiger partial charge in [-0.2, -0.15) is 0 Å². The molecule has 0 amide bonds. The molecule has 110 valence electrons. The summed E-state index contributed by atoms with van der Waals surface area (Å²) in [6.45, 7) is 7.01. The van der Waals surface area contributed by atoms with Gasteiger partial charge in [0.25, 0.3) is 0 Å². The molecule has 0 aliphatic heterocycles. The topological polar surface area (TPSA) is 9.23 Å². The maximum absolute atomic E-state index is 6.56. The van der Waals surface area contributed by atoms with Crippen molar-refractivity contribution in [1.29, 1.82) is 0 Å². The zero-order chi connectivity index (χ0) is 14.2. The number of benzene rings is 1. The molecule has 3 atom stereocenters. The number of aryl methyl sites for hydroxylation is 1. The van der Waals surface area contributed by atoms with Crippen molar-refractivity contribution in [2.24, 2.45) is 11.8 Å². The molecule has 3 rings (SSSR count). The Morgan fingerprint density at radius 1 is 1.20 bits per heavy atom. The van der Waals surface area contributed by atoms with Crippen LogP contribution in [0.4, 0.5) is 0 Å². The standard InChI is InChI=1S/C18H28OSi/c1-20(2,3)19-18-13-7-10-16(17(18)14-18)12-11-15-8-5-4-6-9-15/h4-6,8-9,16-17H,7,10-14H2,1-3H3. The summed E-state index contributed by atoms with van der Waals surface area (Å²) in [6, 6.07) is 11.0. The number of rotatable bonds is 5. The summed E-state index contributed by atoms with van der Waals surface area (Å²) < 4.78 is 6.56. The second-order valence-electron chi connectivity index (χ2n) is 7.77. The lowest BCUT2D eigenvalue weighted by Crippen LogP contribution is -2.37. The van der Waals surface area contributed by atoms with Crippen LogP contribution in [0.25, 0.3) is 0 Å². The Morgan fingerprint density at radius 2 is 1.95 bits per heavy atom. The highest BCUT2D eigenvalue weighted by Gasteiger charge is 2.60. The van der Waals surface area contributed by atoms with Crippen molar-refractivity contribution in [2.45, 2.75) is 63.8 Å². The molecule has 1 aromatic carbocycles. The van der Waals surface area contributed by atoms with Gasteiger partial charge in [0.15, 0.2) is 8.32 Å². The summed E-state index contributed by atoms with van der Waals surface area (Å²) in [5.74, 6) is 1.77. The zero-order valence-corrected chi connectivity index (χ0v) is 14.2. The molecule has 3 unspecified atom stereocenters. The first-order chi connectivity index (χ1) is 9.49. The minimum atomic E-state index is -1.39. The van der Waals surface area contributed by atoms with Gasteiger partial charge in [0, 0.05) is 0 Å². The summed E-state index contributed by atoms with van der Waals surface area (Å²) in [5.41, 5.74) is 1.81. The van der Waals surface area contributed by atoms with E-state index in [1.165, 1.54) is 44.1 Å². The van der Waals surface area contributed by atoms with Crippen LogP contribution in [0.2, 0.25) is 19.6 Å². The Morgan fingerprint density at radius 3 is 2.65 bits per heavy atom. The molecule has 2 aliphatic rings. The smallest absolute Gasteiger partial charge is 0.184 e. The molecule has 0 N–H and O–H groups in total. The Bertz CT molecular complexity index is 450. The molecule has 2 saturated carbocycles. The van der Waals surface area contributed by atoms with Gasteiger partial charge < -0.3 is 4.43 Å². The maximum Gasteiger partial charge on any atom is 0.184 e. The third kappa shape index (κ3) is 3.17. The molecule has 1 nitrogen and oxygen atoms in total. The summed E-state index contributed by atoms with van der Waals surface area (Å²) in [4.78, 5) is 0. The van der Waals surface area contributed by atoms with E-state index in [2.05, 4.69) is 50.0 Å². The van der Waals surface area contributed by atoms with Gasteiger partial charge in [-0.05, 0) is 69.1 Å². The number of fused-ring (bicyclic) bond motifs is 1. The van der Waals surface area contributed by atoms with Crippen molar-refractivity contribution in [1.82, 2.24) is 0 Å². The molecule has 0 saturated heterocycles. The van der Waals surface area contributed by atoms with Crippen LogP contribution in [0.15, 0.2) is 30.3 Å². The summed E-state index contributed by atoms with van der Waals surface area (Å²) in [7, 11) is -1.39. The van der Waals surface area contributed by atoms with E-state index in [0.717, 1.165) is 11.8 Å². The van der Waals surface area contributed by atoms with Crippen molar-refractivity contribution in [3.05, 3.63) is 35.9 Å². The third-order valence-electron chi connectivity index (χ3n) is 4.98. The van der Waals surface area contributed by atoms with E-state index in [0.29, 0.717) is 5.60 Å². The van der Waals surface area contributed by atoms with Crippen LogP contribution in [-0.4, -0.2) is 13.9 Å². The fourth-order valence-corrected chi connectivity index (χ4v) is 5.74. The minimum absolute atomic E-state index is 0.310.